The Labute approximate surface area is 141 Å². The molecule has 0 aromatic carbocycles. The number of fused-ring (bicyclic) bond motifs is 1. The molecule has 8 nitrogen and oxygen atoms in total. The van der Waals surface area contributed by atoms with Gasteiger partial charge in [0, 0.05) is 0 Å². The molecule has 0 bridgehead atoms. The molecule has 1 saturated heterocycles. The van der Waals surface area contributed by atoms with E-state index in [4.69, 9.17) is 4.74 Å². The molecular weight excluding hydrogens is 332 g/mol. The minimum absolute atomic E-state index is 0.379. The second-order valence-electron chi connectivity index (χ2n) is 5.76. The summed E-state index contributed by atoms with van der Waals surface area (Å²) in [4.78, 5) is 13.9. The molecule has 3 N–H and O–H groups in total. The third kappa shape index (κ3) is 2.33. The lowest BCUT2D eigenvalue weighted by atomic mass is 10.1. The average molecular weight is 348 g/mol. The summed E-state index contributed by atoms with van der Waals surface area (Å²) < 4.78 is 7.11. The van der Waals surface area contributed by atoms with Gasteiger partial charge in [-0.2, -0.15) is 0 Å². The number of rotatable bonds is 3. The highest BCUT2D eigenvalue weighted by atomic mass is 32.1. The fourth-order valence-electron chi connectivity index (χ4n) is 2.88. The Bertz CT molecular complexity index is 879. The first kappa shape index (κ1) is 15.6. The van der Waals surface area contributed by atoms with Gasteiger partial charge in [0.15, 0.2) is 11.9 Å². The number of aryl methyl sites for hydroxylation is 1. The Morgan fingerprint density at radius 3 is 2.75 bits per heavy atom. The molecule has 9 heteroatoms. The Hall–Kier alpha value is -1.91. The largest absolute Gasteiger partial charge is 0.394 e. The van der Waals surface area contributed by atoms with Crippen LogP contribution in [0.2, 0.25) is 0 Å². The number of imidazole rings is 1. The zero-order valence-electron chi connectivity index (χ0n) is 12.8. The molecule has 1 aliphatic rings. The van der Waals surface area contributed by atoms with Crippen LogP contribution in [0.15, 0.2) is 24.1 Å². The van der Waals surface area contributed by atoms with Gasteiger partial charge < -0.3 is 20.1 Å². The van der Waals surface area contributed by atoms with Crippen molar-refractivity contribution in [3.05, 3.63) is 29.7 Å². The summed E-state index contributed by atoms with van der Waals surface area (Å²) in [5.41, 5.74) is 2.95. The van der Waals surface area contributed by atoms with Crippen LogP contribution in [0, 0.1) is 6.92 Å². The summed E-state index contributed by atoms with van der Waals surface area (Å²) in [6.07, 6.45) is -1.12. The maximum absolute atomic E-state index is 10.2. The molecule has 1 unspecified atom stereocenters. The number of thiophene rings is 1. The van der Waals surface area contributed by atoms with E-state index in [1.807, 2.05) is 18.4 Å². The van der Waals surface area contributed by atoms with Crippen LogP contribution >= 0.6 is 11.3 Å². The summed E-state index contributed by atoms with van der Waals surface area (Å²) in [7, 11) is 0. The van der Waals surface area contributed by atoms with Gasteiger partial charge in [-0.3, -0.25) is 4.57 Å². The van der Waals surface area contributed by atoms with Gasteiger partial charge in [-0.15, -0.1) is 11.3 Å². The van der Waals surface area contributed by atoms with E-state index in [-0.39, 0.29) is 6.61 Å². The zero-order valence-corrected chi connectivity index (χ0v) is 13.6. The van der Waals surface area contributed by atoms with E-state index in [1.54, 1.807) is 15.9 Å². The van der Waals surface area contributed by atoms with Crippen molar-refractivity contribution in [2.24, 2.45) is 0 Å². The van der Waals surface area contributed by atoms with Gasteiger partial charge in [0.25, 0.3) is 0 Å². The molecule has 4 rings (SSSR count). The maximum atomic E-state index is 10.2. The molecule has 1 fully saturated rings. The van der Waals surface area contributed by atoms with Gasteiger partial charge in [0.1, 0.15) is 35.8 Å². The van der Waals surface area contributed by atoms with Crippen molar-refractivity contribution in [3.63, 3.8) is 0 Å². The van der Waals surface area contributed by atoms with Crippen molar-refractivity contribution in [1.29, 1.82) is 0 Å². The lowest BCUT2D eigenvalue weighted by Gasteiger charge is -2.16. The second kappa shape index (κ2) is 5.87. The summed E-state index contributed by atoms with van der Waals surface area (Å²) in [6.45, 7) is 1.63. The van der Waals surface area contributed by atoms with Gasteiger partial charge in [0.2, 0.25) is 0 Å². The Morgan fingerprint density at radius 2 is 2.08 bits per heavy atom. The van der Waals surface area contributed by atoms with E-state index in [0.29, 0.717) is 16.9 Å². The third-order valence-corrected chi connectivity index (χ3v) is 5.17. The minimum Gasteiger partial charge on any atom is -0.394 e. The first-order chi connectivity index (χ1) is 11.6. The standard InChI is InChI=1S/C15H16N4O4S/c1-7-2-9(24-4-7)10-11-14(17-5-16-10)19(6-18-11)15-13(22)12(21)8(3-20)23-15/h2,4-6,8,12-13,15,20-22H,3H2,1H3/t8-,12-,13-,15?/m1/s1. The number of ether oxygens (including phenoxy) is 1. The normalized spacial score (nSPS) is 27.2. The Kier molecular flexibility index (Phi) is 3.82. The number of nitrogens with zero attached hydrogens (tertiary/aromatic N) is 4. The quantitative estimate of drug-likeness (QED) is 0.631. The van der Waals surface area contributed by atoms with E-state index in [9.17, 15) is 15.3 Å². The zero-order chi connectivity index (χ0) is 16.8. The van der Waals surface area contributed by atoms with Crippen LogP contribution in [0.1, 0.15) is 11.8 Å². The first-order valence-electron chi connectivity index (χ1n) is 7.45. The van der Waals surface area contributed by atoms with E-state index >= 15 is 0 Å². The molecule has 0 aliphatic carbocycles. The van der Waals surface area contributed by atoms with Gasteiger partial charge in [0.05, 0.1) is 17.8 Å². The van der Waals surface area contributed by atoms with Gasteiger partial charge >= 0.3 is 0 Å². The molecule has 0 radical (unpaired) electrons. The fraction of sp³-hybridized carbons (Fsp3) is 0.400. The molecule has 4 atom stereocenters. The molecule has 0 spiro atoms. The Morgan fingerprint density at radius 1 is 1.25 bits per heavy atom. The average Bonchev–Trinajstić information content (AvgIpc) is 3.27. The van der Waals surface area contributed by atoms with E-state index in [2.05, 4.69) is 15.0 Å². The predicted molar refractivity (Wildman–Crippen MR) is 86.4 cm³/mol. The molecule has 0 amide bonds. The van der Waals surface area contributed by atoms with Crippen LogP contribution in [0.5, 0.6) is 0 Å². The lowest BCUT2D eigenvalue weighted by Crippen LogP contribution is -2.33. The number of aliphatic hydroxyl groups excluding tert-OH is 3. The van der Waals surface area contributed by atoms with Crippen LogP contribution in [0.3, 0.4) is 0 Å². The van der Waals surface area contributed by atoms with Crippen LogP contribution in [0.4, 0.5) is 0 Å². The molecule has 24 heavy (non-hydrogen) atoms. The smallest absolute Gasteiger partial charge is 0.166 e. The number of hydrogen-bond acceptors (Lipinski definition) is 8. The lowest BCUT2D eigenvalue weighted by molar-refractivity contribution is -0.0511. The molecule has 3 aromatic heterocycles. The first-order valence-corrected chi connectivity index (χ1v) is 8.33. The Balaban J connectivity index is 1.79. The maximum Gasteiger partial charge on any atom is 0.166 e. The summed E-state index contributed by atoms with van der Waals surface area (Å²) in [6, 6.07) is 2.03. The monoisotopic (exact) mass is 348 g/mol. The highest BCUT2D eigenvalue weighted by molar-refractivity contribution is 7.13. The van der Waals surface area contributed by atoms with Crippen LogP contribution in [-0.2, 0) is 4.74 Å². The van der Waals surface area contributed by atoms with Crippen LogP contribution in [-0.4, -0.2) is 59.8 Å². The van der Waals surface area contributed by atoms with Crippen molar-refractivity contribution in [2.75, 3.05) is 6.61 Å². The third-order valence-electron chi connectivity index (χ3n) is 4.11. The van der Waals surface area contributed by atoms with Gasteiger partial charge in [-0.05, 0) is 23.9 Å². The van der Waals surface area contributed by atoms with E-state index in [0.717, 1.165) is 10.4 Å². The fourth-order valence-corrected chi connectivity index (χ4v) is 3.78. The predicted octanol–water partition coefficient (Wildman–Crippen LogP) is 0.475. The van der Waals surface area contributed by atoms with E-state index in [1.165, 1.54) is 12.7 Å². The highest BCUT2D eigenvalue weighted by Crippen LogP contribution is 2.34. The minimum atomic E-state index is -1.18. The molecular formula is C15H16N4O4S. The van der Waals surface area contributed by atoms with Gasteiger partial charge in [-0.25, -0.2) is 15.0 Å². The summed E-state index contributed by atoms with van der Waals surface area (Å²) >= 11 is 1.57. The molecule has 1 aliphatic heterocycles. The van der Waals surface area contributed by atoms with Crippen LogP contribution in [0.25, 0.3) is 21.7 Å². The molecule has 0 saturated carbocycles. The van der Waals surface area contributed by atoms with Crippen LogP contribution < -0.4 is 0 Å². The molecule has 126 valence electrons. The number of aromatic nitrogens is 4. The van der Waals surface area contributed by atoms with Crippen molar-refractivity contribution < 1.29 is 20.1 Å². The van der Waals surface area contributed by atoms with Crippen molar-refractivity contribution in [2.45, 2.75) is 31.5 Å². The second-order valence-corrected chi connectivity index (χ2v) is 6.67. The van der Waals surface area contributed by atoms with Gasteiger partial charge in [-0.1, -0.05) is 0 Å². The van der Waals surface area contributed by atoms with Crippen molar-refractivity contribution >= 4 is 22.5 Å². The SMILES string of the molecule is Cc1csc(-c2ncnc3c2ncn3C2O[C@H](CO)[C@@H](O)[C@H]2O)c1. The van der Waals surface area contributed by atoms with Crippen molar-refractivity contribution in [1.82, 2.24) is 19.5 Å². The number of aliphatic hydroxyl groups is 3. The summed E-state index contributed by atoms with van der Waals surface area (Å²) in [5.74, 6) is 0. The van der Waals surface area contributed by atoms with E-state index < -0.39 is 24.5 Å². The topological polar surface area (TPSA) is 114 Å². The van der Waals surface area contributed by atoms with Crippen molar-refractivity contribution in [3.8, 4) is 10.6 Å². The summed E-state index contributed by atoms with van der Waals surface area (Å²) in [5, 5.41) is 31.4. The number of hydrogen-bond donors (Lipinski definition) is 3. The highest BCUT2D eigenvalue weighted by Gasteiger charge is 2.44. The molecule has 3 aromatic rings. The molecule has 4 heterocycles.